The minimum Gasteiger partial charge on any atom is -0.399 e. The summed E-state index contributed by atoms with van der Waals surface area (Å²) in [6, 6.07) is 20.1. The van der Waals surface area contributed by atoms with Crippen LogP contribution in [0.1, 0.15) is 0 Å². The molecule has 0 spiro atoms. The molecule has 0 aliphatic rings. The van der Waals surface area contributed by atoms with Crippen molar-refractivity contribution in [2.24, 2.45) is 0 Å². The molecule has 0 bridgehead atoms. The zero-order valence-electron chi connectivity index (χ0n) is 10.3. The van der Waals surface area contributed by atoms with Crippen molar-refractivity contribution in [2.45, 2.75) is 0 Å². The first-order valence-corrected chi connectivity index (χ1v) is 6.86. The third kappa shape index (κ3) is 2.46. The summed E-state index contributed by atoms with van der Waals surface area (Å²) < 4.78 is 0. The highest BCUT2D eigenvalue weighted by Gasteiger charge is 2.05. The van der Waals surface area contributed by atoms with E-state index in [0.717, 1.165) is 22.5 Å². The Kier molecular flexibility index (Phi) is 2.97. The minimum absolute atomic E-state index is 0.788. The smallest absolute Gasteiger partial charge is 0.0350 e. The number of nitrogen functional groups attached to an aromatic ring is 2. The van der Waals surface area contributed by atoms with Crippen LogP contribution in [0.3, 0.4) is 0 Å². The molecule has 3 aromatic rings. The Labute approximate surface area is 116 Å². The molecule has 2 aromatic carbocycles. The maximum atomic E-state index is 5.82. The van der Waals surface area contributed by atoms with Crippen LogP contribution >= 0.6 is 11.3 Å². The topological polar surface area (TPSA) is 52.0 Å². The van der Waals surface area contributed by atoms with Gasteiger partial charge in [0, 0.05) is 21.1 Å². The highest BCUT2D eigenvalue weighted by Crippen LogP contribution is 2.35. The number of anilines is 2. The molecule has 3 rings (SSSR count). The largest absolute Gasteiger partial charge is 0.399 e. The van der Waals surface area contributed by atoms with Crippen LogP contribution in [0, 0.1) is 0 Å². The summed E-state index contributed by atoms with van der Waals surface area (Å²) in [6.45, 7) is 0. The Hall–Kier alpha value is -2.26. The van der Waals surface area contributed by atoms with Gasteiger partial charge < -0.3 is 11.5 Å². The average molecular weight is 266 g/mol. The Bertz CT molecular complexity index is 656. The van der Waals surface area contributed by atoms with Crippen LogP contribution in [-0.2, 0) is 0 Å². The van der Waals surface area contributed by atoms with Gasteiger partial charge in [0.05, 0.1) is 0 Å². The van der Waals surface area contributed by atoms with Crippen molar-refractivity contribution < 1.29 is 0 Å². The lowest BCUT2D eigenvalue weighted by Crippen LogP contribution is -1.83. The third-order valence-corrected chi connectivity index (χ3v) is 4.13. The molecule has 19 heavy (non-hydrogen) atoms. The van der Waals surface area contributed by atoms with Crippen molar-refractivity contribution in [3.05, 3.63) is 60.7 Å². The predicted molar refractivity (Wildman–Crippen MR) is 84.0 cm³/mol. The van der Waals surface area contributed by atoms with Gasteiger partial charge in [-0.05, 0) is 47.5 Å². The first kappa shape index (κ1) is 11.8. The quantitative estimate of drug-likeness (QED) is 0.681. The van der Waals surface area contributed by atoms with Crippen molar-refractivity contribution in [1.82, 2.24) is 0 Å². The zero-order valence-corrected chi connectivity index (χ0v) is 11.2. The number of benzene rings is 2. The minimum atomic E-state index is 0.788. The maximum Gasteiger partial charge on any atom is 0.0350 e. The van der Waals surface area contributed by atoms with Gasteiger partial charge in [-0.2, -0.15) is 0 Å². The van der Waals surface area contributed by atoms with E-state index < -0.39 is 0 Å². The lowest BCUT2D eigenvalue weighted by Gasteiger charge is -2.00. The Morgan fingerprint density at radius 1 is 0.632 bits per heavy atom. The van der Waals surface area contributed by atoms with Gasteiger partial charge in [-0.15, -0.1) is 11.3 Å². The van der Waals surface area contributed by atoms with Crippen molar-refractivity contribution in [1.29, 1.82) is 0 Å². The molecule has 2 nitrogen and oxygen atoms in total. The van der Waals surface area contributed by atoms with Crippen molar-refractivity contribution >= 4 is 22.7 Å². The van der Waals surface area contributed by atoms with E-state index in [1.165, 1.54) is 9.75 Å². The van der Waals surface area contributed by atoms with E-state index in [4.69, 9.17) is 11.5 Å². The molecule has 4 N–H and O–H groups in total. The van der Waals surface area contributed by atoms with Gasteiger partial charge >= 0.3 is 0 Å². The first-order chi connectivity index (χ1) is 9.22. The molecule has 0 unspecified atom stereocenters. The SMILES string of the molecule is Nc1cccc(-c2ccc(-c3cccc(N)c3)s2)c1. The first-order valence-electron chi connectivity index (χ1n) is 6.04. The summed E-state index contributed by atoms with van der Waals surface area (Å²) in [7, 11) is 0. The molecule has 3 heteroatoms. The van der Waals surface area contributed by atoms with Crippen LogP contribution in [0.15, 0.2) is 60.7 Å². The van der Waals surface area contributed by atoms with E-state index in [1.54, 1.807) is 11.3 Å². The van der Waals surface area contributed by atoms with E-state index in [2.05, 4.69) is 24.3 Å². The van der Waals surface area contributed by atoms with Gasteiger partial charge in [0.2, 0.25) is 0 Å². The summed E-state index contributed by atoms with van der Waals surface area (Å²) in [4.78, 5) is 2.43. The summed E-state index contributed by atoms with van der Waals surface area (Å²) in [6.07, 6.45) is 0. The van der Waals surface area contributed by atoms with Gasteiger partial charge in [0.25, 0.3) is 0 Å². The molecule has 1 heterocycles. The van der Waals surface area contributed by atoms with Gasteiger partial charge in [0.1, 0.15) is 0 Å². The van der Waals surface area contributed by atoms with E-state index in [1.807, 2.05) is 36.4 Å². The van der Waals surface area contributed by atoms with Gasteiger partial charge in [0.15, 0.2) is 0 Å². The second-order valence-electron chi connectivity index (χ2n) is 4.41. The summed E-state index contributed by atoms with van der Waals surface area (Å²) in [5.74, 6) is 0. The molecule has 0 radical (unpaired) electrons. The normalized spacial score (nSPS) is 10.5. The fourth-order valence-corrected chi connectivity index (χ4v) is 3.03. The summed E-state index contributed by atoms with van der Waals surface area (Å²) in [5.41, 5.74) is 15.5. The van der Waals surface area contributed by atoms with Crippen LogP contribution in [-0.4, -0.2) is 0 Å². The van der Waals surface area contributed by atoms with E-state index in [0.29, 0.717) is 0 Å². The highest BCUT2D eigenvalue weighted by atomic mass is 32.1. The molecular formula is C16H14N2S. The molecule has 0 fully saturated rings. The number of hydrogen-bond acceptors (Lipinski definition) is 3. The average Bonchev–Trinajstić information content (AvgIpc) is 2.88. The number of rotatable bonds is 2. The number of hydrogen-bond donors (Lipinski definition) is 2. The van der Waals surface area contributed by atoms with E-state index >= 15 is 0 Å². The van der Waals surface area contributed by atoms with Gasteiger partial charge in [-0.1, -0.05) is 24.3 Å². The van der Waals surface area contributed by atoms with Crippen LogP contribution in [0.25, 0.3) is 20.9 Å². The fourth-order valence-electron chi connectivity index (χ4n) is 2.03. The molecule has 0 atom stereocenters. The zero-order chi connectivity index (χ0) is 13.2. The van der Waals surface area contributed by atoms with Crippen LogP contribution < -0.4 is 11.5 Å². The van der Waals surface area contributed by atoms with Crippen molar-refractivity contribution in [3.63, 3.8) is 0 Å². The Balaban J connectivity index is 2.00. The summed E-state index contributed by atoms with van der Waals surface area (Å²) >= 11 is 1.75. The fraction of sp³-hybridized carbons (Fsp3) is 0. The number of thiophene rings is 1. The molecule has 94 valence electrons. The maximum absolute atomic E-state index is 5.82. The summed E-state index contributed by atoms with van der Waals surface area (Å²) in [5, 5.41) is 0. The van der Waals surface area contributed by atoms with Crippen LogP contribution in [0.4, 0.5) is 11.4 Å². The van der Waals surface area contributed by atoms with Crippen molar-refractivity contribution in [3.8, 4) is 20.9 Å². The Morgan fingerprint density at radius 2 is 1.11 bits per heavy atom. The highest BCUT2D eigenvalue weighted by molar-refractivity contribution is 7.18. The van der Waals surface area contributed by atoms with Gasteiger partial charge in [-0.3, -0.25) is 0 Å². The Morgan fingerprint density at radius 3 is 1.53 bits per heavy atom. The molecule has 0 aliphatic heterocycles. The standard InChI is InChI=1S/C16H14N2S/c17-13-5-1-3-11(9-13)15-7-8-16(19-15)12-4-2-6-14(18)10-12/h1-10H,17-18H2. The molecule has 0 saturated heterocycles. The molecule has 1 aromatic heterocycles. The monoisotopic (exact) mass is 266 g/mol. The second kappa shape index (κ2) is 4.78. The third-order valence-electron chi connectivity index (χ3n) is 2.95. The lowest BCUT2D eigenvalue weighted by molar-refractivity contribution is 1.67. The van der Waals surface area contributed by atoms with E-state index in [9.17, 15) is 0 Å². The molecule has 0 amide bonds. The molecule has 0 aliphatic carbocycles. The van der Waals surface area contributed by atoms with Crippen LogP contribution in [0.2, 0.25) is 0 Å². The second-order valence-corrected chi connectivity index (χ2v) is 5.50. The molecular weight excluding hydrogens is 252 g/mol. The predicted octanol–water partition coefficient (Wildman–Crippen LogP) is 4.25. The molecule has 0 saturated carbocycles. The lowest BCUT2D eigenvalue weighted by atomic mass is 10.1. The van der Waals surface area contributed by atoms with Crippen molar-refractivity contribution in [2.75, 3.05) is 11.5 Å². The number of nitrogens with two attached hydrogens (primary N) is 2. The van der Waals surface area contributed by atoms with E-state index in [-0.39, 0.29) is 0 Å². The van der Waals surface area contributed by atoms with Crippen LogP contribution in [0.5, 0.6) is 0 Å². The van der Waals surface area contributed by atoms with Gasteiger partial charge in [-0.25, -0.2) is 0 Å².